The van der Waals surface area contributed by atoms with Crippen molar-refractivity contribution in [3.8, 4) is 5.75 Å². The van der Waals surface area contributed by atoms with Gasteiger partial charge in [-0.2, -0.15) is 0 Å². The summed E-state index contributed by atoms with van der Waals surface area (Å²) >= 11 is 0. The van der Waals surface area contributed by atoms with Crippen LogP contribution >= 0.6 is 0 Å². The van der Waals surface area contributed by atoms with Gasteiger partial charge in [0.1, 0.15) is 5.75 Å². The molecular weight excluding hydrogens is 314 g/mol. The lowest BCUT2D eigenvalue weighted by Gasteiger charge is -2.09. The maximum absolute atomic E-state index is 11.9. The topological polar surface area (TPSA) is 55.3 Å². The number of hydrogen-bond donors (Lipinski definition) is 2. The maximum Gasteiger partial charge on any atom is 0.315 e. The molecule has 0 radical (unpaired) electrons. The minimum atomic E-state index is -0.153. The van der Waals surface area contributed by atoms with E-state index in [-0.39, 0.29) is 6.03 Å². The lowest BCUT2D eigenvalue weighted by Crippen LogP contribution is -2.35. The van der Waals surface area contributed by atoms with Crippen molar-refractivity contribution in [2.75, 3.05) is 13.7 Å². The summed E-state index contributed by atoms with van der Waals surface area (Å²) in [6.07, 6.45) is 2.97. The summed E-state index contributed by atoms with van der Waals surface area (Å²) in [6, 6.07) is 17.9. The predicted molar refractivity (Wildman–Crippen MR) is 99.8 cm³/mol. The van der Waals surface area contributed by atoms with E-state index < -0.39 is 0 Å². The number of carbonyl (C=O) groups excluding carboxylic acids is 1. The number of amides is 2. The standard InChI is InChI=1S/C20H23N3O2/c1-25-18-8-4-6-16(14-18)15-22-20(24)21-11-5-12-23-13-10-17-7-2-3-9-19(17)23/h2-4,6-10,13-14H,5,11-12,15H2,1H3,(H2,21,22,24). The molecule has 1 aromatic heterocycles. The van der Waals surface area contributed by atoms with Crippen LogP contribution in [-0.4, -0.2) is 24.3 Å². The van der Waals surface area contributed by atoms with Crippen LogP contribution in [-0.2, 0) is 13.1 Å². The lowest BCUT2D eigenvalue weighted by atomic mass is 10.2. The van der Waals surface area contributed by atoms with Gasteiger partial charge in [-0.1, -0.05) is 30.3 Å². The first kappa shape index (κ1) is 16.9. The van der Waals surface area contributed by atoms with E-state index >= 15 is 0 Å². The van der Waals surface area contributed by atoms with Crippen molar-refractivity contribution >= 4 is 16.9 Å². The number of ether oxygens (including phenoxy) is 1. The van der Waals surface area contributed by atoms with Gasteiger partial charge in [0, 0.05) is 31.3 Å². The van der Waals surface area contributed by atoms with Crippen molar-refractivity contribution in [3.05, 3.63) is 66.4 Å². The molecule has 25 heavy (non-hydrogen) atoms. The van der Waals surface area contributed by atoms with Gasteiger partial charge in [-0.05, 0) is 41.6 Å². The Morgan fingerprint density at radius 3 is 2.84 bits per heavy atom. The largest absolute Gasteiger partial charge is 0.497 e. The van der Waals surface area contributed by atoms with E-state index in [1.54, 1.807) is 7.11 Å². The molecule has 3 rings (SSSR count). The monoisotopic (exact) mass is 337 g/mol. The highest BCUT2D eigenvalue weighted by Crippen LogP contribution is 2.15. The number of aryl methyl sites for hydroxylation is 1. The van der Waals surface area contributed by atoms with Crippen LogP contribution in [0, 0.1) is 0 Å². The highest BCUT2D eigenvalue weighted by Gasteiger charge is 2.02. The molecule has 0 bridgehead atoms. The Kier molecular flexibility index (Phi) is 5.57. The number of hydrogen-bond acceptors (Lipinski definition) is 2. The number of nitrogens with one attached hydrogen (secondary N) is 2. The number of benzene rings is 2. The predicted octanol–water partition coefficient (Wildman–Crippen LogP) is 3.54. The Hall–Kier alpha value is -2.95. The molecule has 0 aliphatic carbocycles. The van der Waals surface area contributed by atoms with Crippen molar-refractivity contribution in [3.63, 3.8) is 0 Å². The quantitative estimate of drug-likeness (QED) is 0.648. The second-order valence-corrected chi connectivity index (χ2v) is 5.88. The molecule has 5 heteroatoms. The first-order chi connectivity index (χ1) is 12.3. The van der Waals surface area contributed by atoms with Crippen molar-refractivity contribution < 1.29 is 9.53 Å². The van der Waals surface area contributed by atoms with Crippen molar-refractivity contribution in [1.29, 1.82) is 0 Å². The molecule has 130 valence electrons. The van der Waals surface area contributed by atoms with Gasteiger partial charge in [-0.15, -0.1) is 0 Å². The fourth-order valence-corrected chi connectivity index (χ4v) is 2.81. The van der Waals surface area contributed by atoms with E-state index in [1.165, 1.54) is 10.9 Å². The van der Waals surface area contributed by atoms with Crippen LogP contribution in [0.15, 0.2) is 60.8 Å². The maximum atomic E-state index is 11.9. The third kappa shape index (κ3) is 4.53. The fourth-order valence-electron chi connectivity index (χ4n) is 2.81. The average Bonchev–Trinajstić information content (AvgIpc) is 3.07. The smallest absolute Gasteiger partial charge is 0.315 e. The molecule has 3 aromatic rings. The van der Waals surface area contributed by atoms with E-state index in [2.05, 4.69) is 39.6 Å². The number of carbonyl (C=O) groups is 1. The Labute approximate surface area is 147 Å². The first-order valence-electron chi connectivity index (χ1n) is 8.45. The zero-order valence-electron chi connectivity index (χ0n) is 14.4. The number of rotatable bonds is 7. The third-order valence-electron chi connectivity index (χ3n) is 4.13. The molecule has 2 aromatic carbocycles. The molecule has 0 saturated carbocycles. The normalized spacial score (nSPS) is 10.6. The van der Waals surface area contributed by atoms with Gasteiger partial charge in [0.25, 0.3) is 0 Å². The molecule has 0 atom stereocenters. The van der Waals surface area contributed by atoms with E-state index in [1.807, 2.05) is 36.4 Å². The minimum Gasteiger partial charge on any atom is -0.497 e. The van der Waals surface area contributed by atoms with Crippen LogP contribution in [0.5, 0.6) is 5.75 Å². The SMILES string of the molecule is COc1cccc(CNC(=O)NCCCn2ccc3ccccc32)c1. The van der Waals surface area contributed by atoms with Gasteiger partial charge >= 0.3 is 6.03 Å². The van der Waals surface area contributed by atoms with E-state index in [4.69, 9.17) is 4.74 Å². The number of methoxy groups -OCH3 is 1. The fraction of sp³-hybridized carbons (Fsp3) is 0.250. The van der Waals surface area contributed by atoms with Crippen LogP contribution in [0.4, 0.5) is 4.79 Å². The molecule has 2 amide bonds. The second-order valence-electron chi connectivity index (χ2n) is 5.88. The van der Waals surface area contributed by atoms with Crippen LogP contribution in [0.3, 0.4) is 0 Å². The summed E-state index contributed by atoms with van der Waals surface area (Å²) < 4.78 is 7.39. The highest BCUT2D eigenvalue weighted by molar-refractivity contribution is 5.79. The zero-order chi connectivity index (χ0) is 17.5. The van der Waals surface area contributed by atoms with Gasteiger partial charge in [-0.25, -0.2) is 4.79 Å². The second kappa shape index (κ2) is 8.24. The summed E-state index contributed by atoms with van der Waals surface area (Å²) in [7, 11) is 1.63. The van der Waals surface area contributed by atoms with Gasteiger partial charge in [0.15, 0.2) is 0 Å². The molecule has 5 nitrogen and oxygen atoms in total. The van der Waals surface area contributed by atoms with Gasteiger partial charge in [0.05, 0.1) is 7.11 Å². The van der Waals surface area contributed by atoms with Crippen molar-refractivity contribution in [1.82, 2.24) is 15.2 Å². The van der Waals surface area contributed by atoms with E-state index in [9.17, 15) is 4.79 Å². The van der Waals surface area contributed by atoms with Crippen molar-refractivity contribution in [2.24, 2.45) is 0 Å². The minimum absolute atomic E-state index is 0.153. The van der Waals surface area contributed by atoms with Gasteiger partial charge in [0.2, 0.25) is 0 Å². The number of urea groups is 1. The Morgan fingerprint density at radius 2 is 1.96 bits per heavy atom. The third-order valence-corrected chi connectivity index (χ3v) is 4.13. The molecule has 0 saturated heterocycles. The lowest BCUT2D eigenvalue weighted by molar-refractivity contribution is 0.240. The van der Waals surface area contributed by atoms with Crippen LogP contribution in [0.2, 0.25) is 0 Å². The Balaban J connectivity index is 1.39. The van der Waals surface area contributed by atoms with Crippen LogP contribution in [0.25, 0.3) is 10.9 Å². The summed E-state index contributed by atoms with van der Waals surface area (Å²) in [6.45, 7) is 1.99. The zero-order valence-corrected chi connectivity index (χ0v) is 14.4. The molecule has 0 aliphatic heterocycles. The Bertz CT molecular complexity index is 842. The first-order valence-corrected chi connectivity index (χ1v) is 8.45. The highest BCUT2D eigenvalue weighted by atomic mass is 16.5. The number of para-hydroxylation sites is 1. The Morgan fingerprint density at radius 1 is 1.08 bits per heavy atom. The van der Waals surface area contributed by atoms with Crippen LogP contribution in [0.1, 0.15) is 12.0 Å². The molecule has 1 heterocycles. The summed E-state index contributed by atoms with van der Waals surface area (Å²) in [5.41, 5.74) is 2.23. The summed E-state index contributed by atoms with van der Waals surface area (Å²) in [5.74, 6) is 0.790. The molecular formula is C20H23N3O2. The molecule has 0 unspecified atom stereocenters. The van der Waals surface area contributed by atoms with Gasteiger partial charge in [-0.3, -0.25) is 0 Å². The van der Waals surface area contributed by atoms with Crippen molar-refractivity contribution in [2.45, 2.75) is 19.5 Å². The average molecular weight is 337 g/mol. The number of nitrogens with zero attached hydrogens (tertiary/aromatic N) is 1. The number of aromatic nitrogens is 1. The summed E-state index contributed by atoms with van der Waals surface area (Å²) in [4.78, 5) is 11.9. The van der Waals surface area contributed by atoms with E-state index in [0.29, 0.717) is 13.1 Å². The molecule has 2 N–H and O–H groups in total. The van der Waals surface area contributed by atoms with Gasteiger partial charge < -0.3 is 19.9 Å². The van der Waals surface area contributed by atoms with E-state index in [0.717, 1.165) is 24.3 Å². The van der Waals surface area contributed by atoms with Crippen LogP contribution < -0.4 is 15.4 Å². The molecule has 0 spiro atoms. The number of fused-ring (bicyclic) bond motifs is 1. The molecule has 0 aliphatic rings. The summed E-state index contributed by atoms with van der Waals surface area (Å²) in [5, 5.41) is 7.00. The molecule has 0 fully saturated rings.